The van der Waals surface area contributed by atoms with Crippen molar-refractivity contribution in [3.8, 4) is 0 Å². The van der Waals surface area contributed by atoms with Crippen LogP contribution in [0.3, 0.4) is 0 Å². The van der Waals surface area contributed by atoms with Crippen LogP contribution in [0.4, 0.5) is 4.39 Å². The Labute approximate surface area is 160 Å². The third-order valence-electron chi connectivity index (χ3n) is 7.01. The smallest absolute Gasteiger partial charge is 0.126 e. The van der Waals surface area contributed by atoms with Crippen LogP contribution in [-0.2, 0) is 6.42 Å². The predicted molar refractivity (Wildman–Crippen MR) is 110 cm³/mol. The Kier molecular flexibility index (Phi) is 7.34. The summed E-state index contributed by atoms with van der Waals surface area (Å²) in [5.41, 5.74) is 2.13. The molecule has 0 bridgehead atoms. The Morgan fingerprint density at radius 1 is 1.00 bits per heavy atom. The molecule has 2 atom stereocenters. The quantitative estimate of drug-likeness (QED) is 0.437. The molecule has 0 N–H and O–H groups in total. The molecule has 0 saturated heterocycles. The fourth-order valence-electron chi connectivity index (χ4n) is 5.40. The molecule has 0 radical (unpaired) electrons. The lowest BCUT2D eigenvalue weighted by molar-refractivity contribution is 0.211. The summed E-state index contributed by atoms with van der Waals surface area (Å²) < 4.78 is 14.5. The summed E-state index contributed by atoms with van der Waals surface area (Å²) in [7, 11) is 0. The normalized spacial score (nSPS) is 27.4. The summed E-state index contributed by atoms with van der Waals surface area (Å²) in [6, 6.07) is 6.16. The number of halogens is 1. The minimum atomic E-state index is 0.0122. The van der Waals surface area contributed by atoms with Crippen LogP contribution in [0.2, 0.25) is 0 Å². The second-order valence-corrected chi connectivity index (χ2v) is 8.77. The van der Waals surface area contributed by atoms with Gasteiger partial charge < -0.3 is 0 Å². The van der Waals surface area contributed by atoms with E-state index in [1.807, 2.05) is 19.1 Å². The van der Waals surface area contributed by atoms with Crippen LogP contribution in [0.15, 0.2) is 30.4 Å². The first-order valence-electron chi connectivity index (χ1n) is 11.1. The van der Waals surface area contributed by atoms with Gasteiger partial charge >= 0.3 is 0 Å². The van der Waals surface area contributed by atoms with Crippen molar-refractivity contribution in [2.45, 2.75) is 90.4 Å². The number of rotatable bonds is 7. The highest BCUT2D eigenvalue weighted by atomic mass is 19.1. The van der Waals surface area contributed by atoms with E-state index in [4.69, 9.17) is 0 Å². The molecule has 0 aromatic heterocycles. The molecule has 1 saturated carbocycles. The Balaban J connectivity index is 1.75. The molecule has 0 aliphatic heterocycles. The van der Waals surface area contributed by atoms with Crippen LogP contribution in [0.5, 0.6) is 0 Å². The fourth-order valence-corrected chi connectivity index (χ4v) is 5.40. The maximum atomic E-state index is 14.5. The van der Waals surface area contributed by atoms with E-state index in [2.05, 4.69) is 25.1 Å². The molecule has 1 aromatic rings. The largest absolute Gasteiger partial charge is 0.207 e. The number of benzene rings is 1. The Bertz CT molecular complexity index is 580. The highest BCUT2D eigenvalue weighted by Gasteiger charge is 2.30. The summed E-state index contributed by atoms with van der Waals surface area (Å²) in [5.74, 6) is 3.04. The van der Waals surface area contributed by atoms with Crippen molar-refractivity contribution in [2.75, 3.05) is 0 Å². The maximum Gasteiger partial charge on any atom is 0.126 e. The molecule has 1 aromatic carbocycles. The average molecular weight is 357 g/mol. The highest BCUT2D eigenvalue weighted by Crippen LogP contribution is 2.44. The third-order valence-corrected chi connectivity index (χ3v) is 7.01. The second-order valence-electron chi connectivity index (χ2n) is 8.77. The van der Waals surface area contributed by atoms with Gasteiger partial charge in [0.1, 0.15) is 5.82 Å². The molecule has 3 rings (SSSR count). The van der Waals surface area contributed by atoms with E-state index in [9.17, 15) is 4.39 Å². The van der Waals surface area contributed by atoms with Crippen LogP contribution >= 0.6 is 0 Å². The molecule has 0 spiro atoms. The zero-order chi connectivity index (χ0) is 18.4. The summed E-state index contributed by atoms with van der Waals surface area (Å²) in [6.45, 7) is 4.35. The topological polar surface area (TPSA) is 0 Å². The van der Waals surface area contributed by atoms with Crippen molar-refractivity contribution in [1.82, 2.24) is 0 Å². The minimum absolute atomic E-state index is 0.0122. The number of allylic oxidation sites excluding steroid dienone is 2. The van der Waals surface area contributed by atoms with Gasteiger partial charge in [-0.1, -0.05) is 63.8 Å². The van der Waals surface area contributed by atoms with Crippen molar-refractivity contribution >= 4 is 0 Å². The zero-order valence-corrected chi connectivity index (χ0v) is 16.9. The van der Waals surface area contributed by atoms with E-state index in [0.717, 1.165) is 29.7 Å². The van der Waals surface area contributed by atoms with Crippen LogP contribution in [0.25, 0.3) is 0 Å². The maximum absolute atomic E-state index is 14.5. The molecule has 1 fully saturated rings. The van der Waals surface area contributed by atoms with Crippen LogP contribution in [0.1, 0.15) is 95.1 Å². The summed E-state index contributed by atoms with van der Waals surface area (Å²) >= 11 is 0. The molecule has 144 valence electrons. The van der Waals surface area contributed by atoms with Gasteiger partial charge in [-0.05, 0) is 85.8 Å². The highest BCUT2D eigenvalue weighted by molar-refractivity contribution is 5.28. The number of hydrogen-bond donors (Lipinski definition) is 0. The fraction of sp³-hybridized carbons (Fsp3) is 0.680. The van der Waals surface area contributed by atoms with Crippen molar-refractivity contribution in [3.63, 3.8) is 0 Å². The van der Waals surface area contributed by atoms with E-state index in [-0.39, 0.29) is 5.82 Å². The summed E-state index contributed by atoms with van der Waals surface area (Å²) in [4.78, 5) is 0. The molecule has 2 aliphatic carbocycles. The van der Waals surface area contributed by atoms with Crippen LogP contribution in [0, 0.1) is 23.6 Å². The van der Waals surface area contributed by atoms with Crippen LogP contribution < -0.4 is 0 Å². The molecule has 0 heterocycles. The van der Waals surface area contributed by atoms with Gasteiger partial charge in [-0.2, -0.15) is 0 Å². The monoisotopic (exact) mass is 356 g/mol. The van der Waals surface area contributed by atoms with Crippen molar-refractivity contribution < 1.29 is 4.39 Å². The van der Waals surface area contributed by atoms with E-state index in [0.29, 0.717) is 5.92 Å². The lowest BCUT2D eigenvalue weighted by Crippen LogP contribution is -2.23. The van der Waals surface area contributed by atoms with Gasteiger partial charge in [0.2, 0.25) is 0 Å². The molecule has 26 heavy (non-hydrogen) atoms. The standard InChI is InChI=1S/C25H37F/c1-3-8-19-11-13-22(14-12-19)24(17-20-9-6-5-7-10-20)23-16-15-21(4-2)25(26)18-23/h5-6,15-16,18-20,22,24H,3-4,7-14,17H2,1-2H3. The lowest BCUT2D eigenvalue weighted by atomic mass is 9.69. The summed E-state index contributed by atoms with van der Waals surface area (Å²) in [6.07, 6.45) is 18.6. The van der Waals surface area contributed by atoms with Gasteiger partial charge in [-0.15, -0.1) is 0 Å². The van der Waals surface area contributed by atoms with E-state index >= 15 is 0 Å². The first kappa shape index (κ1) is 19.6. The van der Waals surface area contributed by atoms with E-state index in [1.54, 1.807) is 0 Å². The molecule has 2 unspecified atom stereocenters. The zero-order valence-electron chi connectivity index (χ0n) is 16.9. The molecule has 0 amide bonds. The van der Waals surface area contributed by atoms with Crippen molar-refractivity contribution in [2.24, 2.45) is 17.8 Å². The Morgan fingerprint density at radius 2 is 1.81 bits per heavy atom. The van der Waals surface area contributed by atoms with Gasteiger partial charge in [0, 0.05) is 0 Å². The van der Waals surface area contributed by atoms with Gasteiger partial charge in [0.25, 0.3) is 0 Å². The van der Waals surface area contributed by atoms with E-state index < -0.39 is 0 Å². The van der Waals surface area contributed by atoms with Crippen LogP contribution in [-0.4, -0.2) is 0 Å². The molecular formula is C25H37F. The van der Waals surface area contributed by atoms with Crippen molar-refractivity contribution in [1.29, 1.82) is 0 Å². The number of aryl methyl sites for hydroxylation is 1. The van der Waals surface area contributed by atoms with Gasteiger partial charge in [-0.3, -0.25) is 0 Å². The third kappa shape index (κ3) is 4.99. The Morgan fingerprint density at radius 3 is 2.42 bits per heavy atom. The van der Waals surface area contributed by atoms with Gasteiger partial charge in [-0.25, -0.2) is 4.39 Å². The lowest BCUT2D eigenvalue weighted by Gasteiger charge is -2.36. The van der Waals surface area contributed by atoms with Gasteiger partial charge in [0.15, 0.2) is 0 Å². The first-order valence-corrected chi connectivity index (χ1v) is 11.1. The predicted octanol–water partition coefficient (Wildman–Crippen LogP) is 7.82. The minimum Gasteiger partial charge on any atom is -0.207 e. The summed E-state index contributed by atoms with van der Waals surface area (Å²) in [5, 5.41) is 0. The molecule has 2 aliphatic rings. The molecule has 1 heteroatoms. The average Bonchev–Trinajstić information content (AvgIpc) is 2.68. The van der Waals surface area contributed by atoms with E-state index in [1.165, 1.54) is 69.8 Å². The molecule has 0 nitrogen and oxygen atoms in total. The number of hydrogen-bond acceptors (Lipinski definition) is 0. The SMILES string of the molecule is CCCC1CCC(C(CC2CC=CCC2)c2ccc(CC)c(F)c2)CC1. The van der Waals surface area contributed by atoms with Gasteiger partial charge in [0.05, 0.1) is 0 Å². The second kappa shape index (κ2) is 9.72. The molecular weight excluding hydrogens is 319 g/mol. The Hall–Kier alpha value is -1.11. The van der Waals surface area contributed by atoms with Crippen molar-refractivity contribution in [3.05, 3.63) is 47.3 Å². The first-order chi connectivity index (χ1) is 12.7.